The van der Waals surface area contributed by atoms with Gasteiger partial charge in [-0.05, 0) is 50.5 Å². The molecular formula is C18H24N2O3S2. The van der Waals surface area contributed by atoms with Crippen LogP contribution in [0, 0.1) is 0 Å². The molecule has 136 valence electrons. The number of thiophene rings is 1. The van der Waals surface area contributed by atoms with Crippen LogP contribution in [-0.2, 0) is 24.1 Å². The second-order valence-electron chi connectivity index (χ2n) is 6.76. The van der Waals surface area contributed by atoms with E-state index < -0.39 is 0 Å². The topological polar surface area (TPSA) is 64.3 Å². The van der Waals surface area contributed by atoms with Crippen molar-refractivity contribution in [1.82, 2.24) is 9.55 Å². The van der Waals surface area contributed by atoms with Gasteiger partial charge in [0.15, 0.2) is 5.16 Å². The van der Waals surface area contributed by atoms with E-state index in [1.54, 1.807) is 23.1 Å². The van der Waals surface area contributed by atoms with Crippen LogP contribution in [0.4, 0.5) is 0 Å². The molecule has 0 radical (unpaired) electrons. The molecule has 2 aliphatic rings. The minimum Gasteiger partial charge on any atom is -0.396 e. The quantitative estimate of drug-likeness (QED) is 0.474. The first-order chi connectivity index (χ1) is 12.3. The second kappa shape index (κ2) is 7.78. The van der Waals surface area contributed by atoms with Gasteiger partial charge in [-0.15, -0.1) is 11.3 Å². The van der Waals surface area contributed by atoms with Gasteiger partial charge in [0.1, 0.15) is 4.83 Å². The van der Waals surface area contributed by atoms with Crippen LogP contribution in [0.1, 0.15) is 42.5 Å². The summed E-state index contributed by atoms with van der Waals surface area (Å²) in [6.07, 6.45) is 7.35. The molecule has 0 saturated carbocycles. The summed E-state index contributed by atoms with van der Waals surface area (Å²) in [7, 11) is 0. The Morgan fingerprint density at radius 3 is 3.00 bits per heavy atom. The Bertz CT molecular complexity index is 809. The molecular weight excluding hydrogens is 356 g/mol. The maximum Gasteiger partial charge on any atom is 0.263 e. The van der Waals surface area contributed by atoms with E-state index >= 15 is 0 Å². The average Bonchev–Trinajstić information content (AvgIpc) is 3.25. The largest absolute Gasteiger partial charge is 0.396 e. The maximum absolute atomic E-state index is 13.3. The molecule has 7 heteroatoms. The van der Waals surface area contributed by atoms with Crippen LogP contribution >= 0.6 is 23.1 Å². The van der Waals surface area contributed by atoms with Crippen molar-refractivity contribution in [2.45, 2.75) is 62.8 Å². The van der Waals surface area contributed by atoms with E-state index in [-0.39, 0.29) is 18.3 Å². The van der Waals surface area contributed by atoms with E-state index in [1.807, 2.05) is 4.57 Å². The summed E-state index contributed by atoms with van der Waals surface area (Å²) < 4.78 is 7.60. The van der Waals surface area contributed by atoms with Crippen LogP contribution in [0.2, 0.25) is 0 Å². The maximum atomic E-state index is 13.3. The molecule has 0 bridgehead atoms. The molecule has 0 amide bonds. The third-order valence-electron chi connectivity index (χ3n) is 4.98. The van der Waals surface area contributed by atoms with Gasteiger partial charge in [-0.1, -0.05) is 11.8 Å². The Morgan fingerprint density at radius 2 is 2.20 bits per heavy atom. The number of ether oxygens (including phenoxy) is 1. The molecule has 1 atom stereocenters. The van der Waals surface area contributed by atoms with Crippen molar-refractivity contribution in [3.8, 4) is 0 Å². The van der Waals surface area contributed by atoms with Gasteiger partial charge in [0.05, 0.1) is 18.0 Å². The number of thioether (sulfide) groups is 1. The van der Waals surface area contributed by atoms with Crippen molar-refractivity contribution >= 4 is 33.3 Å². The van der Waals surface area contributed by atoms with E-state index in [0.29, 0.717) is 13.0 Å². The molecule has 1 saturated heterocycles. The first-order valence-corrected chi connectivity index (χ1v) is 11.0. The predicted molar refractivity (Wildman–Crippen MR) is 102 cm³/mol. The van der Waals surface area contributed by atoms with Crippen molar-refractivity contribution < 1.29 is 9.84 Å². The molecule has 0 spiro atoms. The van der Waals surface area contributed by atoms with Crippen LogP contribution in [0.5, 0.6) is 0 Å². The summed E-state index contributed by atoms with van der Waals surface area (Å²) in [4.78, 5) is 20.4. The fraction of sp³-hybridized carbons (Fsp3) is 0.667. The lowest BCUT2D eigenvalue weighted by molar-refractivity contribution is 0.0937. The molecule has 1 aliphatic heterocycles. The lowest BCUT2D eigenvalue weighted by Crippen LogP contribution is -2.29. The fourth-order valence-corrected chi connectivity index (χ4v) is 5.95. The summed E-state index contributed by atoms with van der Waals surface area (Å²) in [6, 6.07) is 0. The zero-order valence-electron chi connectivity index (χ0n) is 14.3. The van der Waals surface area contributed by atoms with Gasteiger partial charge in [-0.3, -0.25) is 9.36 Å². The monoisotopic (exact) mass is 380 g/mol. The third kappa shape index (κ3) is 3.52. The highest BCUT2D eigenvalue weighted by atomic mass is 32.2. The van der Waals surface area contributed by atoms with Gasteiger partial charge in [-0.25, -0.2) is 4.98 Å². The minimum absolute atomic E-state index is 0.103. The van der Waals surface area contributed by atoms with E-state index in [2.05, 4.69) is 0 Å². The summed E-state index contributed by atoms with van der Waals surface area (Å²) in [5.74, 6) is 0.769. The number of nitrogens with zero attached hydrogens (tertiary/aromatic N) is 2. The summed E-state index contributed by atoms with van der Waals surface area (Å²) >= 11 is 3.27. The predicted octanol–water partition coefficient (Wildman–Crippen LogP) is 2.99. The van der Waals surface area contributed by atoms with Gasteiger partial charge in [0.25, 0.3) is 5.56 Å². The molecule has 25 heavy (non-hydrogen) atoms. The standard InChI is InChI=1S/C18H24N2O3S2/c21-8-4-10-24-18-19-16-15(13-6-1-2-7-14(13)25-16)17(22)20(18)11-12-5-3-9-23-12/h12,21H,1-11H2. The lowest BCUT2D eigenvalue weighted by atomic mass is 9.97. The highest BCUT2D eigenvalue weighted by molar-refractivity contribution is 7.99. The Hall–Kier alpha value is -0.890. The highest BCUT2D eigenvalue weighted by Gasteiger charge is 2.24. The third-order valence-corrected chi connectivity index (χ3v) is 7.23. The molecule has 3 heterocycles. The van der Waals surface area contributed by atoms with Gasteiger partial charge in [0.2, 0.25) is 0 Å². The first-order valence-electron chi connectivity index (χ1n) is 9.18. The number of hydrogen-bond acceptors (Lipinski definition) is 6. The average molecular weight is 381 g/mol. The van der Waals surface area contributed by atoms with E-state index in [0.717, 1.165) is 59.8 Å². The normalized spacial score (nSPS) is 20.3. The summed E-state index contributed by atoms with van der Waals surface area (Å²) in [5.41, 5.74) is 1.35. The number of hydrogen-bond donors (Lipinski definition) is 1. The molecule has 4 rings (SSSR count). The Labute approximate surface area is 155 Å². The molecule has 0 aromatic carbocycles. The van der Waals surface area contributed by atoms with Crippen molar-refractivity contribution in [2.75, 3.05) is 19.0 Å². The minimum atomic E-state index is 0.103. The number of aromatic nitrogens is 2. The van der Waals surface area contributed by atoms with Crippen LogP contribution in [0.3, 0.4) is 0 Å². The molecule has 1 aliphatic carbocycles. The SMILES string of the molecule is O=c1c2c3c(sc2nc(SCCCO)n1CC1CCCO1)CCCC3. The molecule has 2 aromatic rings. The number of aliphatic hydroxyl groups excluding tert-OH is 1. The molecule has 1 fully saturated rings. The highest BCUT2D eigenvalue weighted by Crippen LogP contribution is 2.35. The lowest BCUT2D eigenvalue weighted by Gasteiger charge is -2.16. The zero-order valence-corrected chi connectivity index (χ0v) is 16.0. The van der Waals surface area contributed by atoms with Crippen molar-refractivity contribution in [2.24, 2.45) is 0 Å². The number of aryl methyl sites for hydroxylation is 2. The van der Waals surface area contributed by atoms with E-state index in [4.69, 9.17) is 14.8 Å². The van der Waals surface area contributed by atoms with Crippen molar-refractivity contribution in [3.63, 3.8) is 0 Å². The Morgan fingerprint density at radius 1 is 1.32 bits per heavy atom. The van der Waals surface area contributed by atoms with Gasteiger partial charge in [0, 0.05) is 23.8 Å². The molecule has 2 aromatic heterocycles. The second-order valence-corrected chi connectivity index (χ2v) is 8.91. The van der Waals surface area contributed by atoms with Crippen LogP contribution in [0.15, 0.2) is 9.95 Å². The number of aliphatic hydroxyl groups is 1. The smallest absolute Gasteiger partial charge is 0.263 e. The van der Waals surface area contributed by atoms with E-state index in [9.17, 15) is 4.79 Å². The number of fused-ring (bicyclic) bond motifs is 3. The van der Waals surface area contributed by atoms with Crippen molar-refractivity contribution in [1.29, 1.82) is 0 Å². The van der Waals surface area contributed by atoms with Crippen molar-refractivity contribution in [3.05, 3.63) is 20.8 Å². The fourth-order valence-electron chi connectivity index (χ4n) is 3.71. The first kappa shape index (κ1) is 17.5. The van der Waals surface area contributed by atoms with E-state index in [1.165, 1.54) is 16.9 Å². The van der Waals surface area contributed by atoms with Gasteiger partial charge < -0.3 is 9.84 Å². The zero-order chi connectivity index (χ0) is 17.2. The summed E-state index contributed by atoms with van der Waals surface area (Å²) in [5, 5.41) is 10.7. The Balaban J connectivity index is 1.77. The molecule has 1 N–H and O–H groups in total. The van der Waals surface area contributed by atoms with Crippen LogP contribution < -0.4 is 5.56 Å². The molecule has 5 nitrogen and oxygen atoms in total. The van der Waals surface area contributed by atoms with Crippen LogP contribution in [-0.4, -0.2) is 39.7 Å². The molecule has 1 unspecified atom stereocenters. The Kier molecular flexibility index (Phi) is 5.45. The summed E-state index contributed by atoms with van der Waals surface area (Å²) in [6.45, 7) is 1.54. The number of rotatable bonds is 6. The van der Waals surface area contributed by atoms with Gasteiger partial charge >= 0.3 is 0 Å². The van der Waals surface area contributed by atoms with Gasteiger partial charge in [-0.2, -0.15) is 0 Å². The van der Waals surface area contributed by atoms with Crippen LogP contribution in [0.25, 0.3) is 10.2 Å².